The standard InChI is InChI=1S/C12H20N2O2S/c1-3-14(4-2)17(15,16)13-11-10-12-8-6-5-7-9-12/h5-9,13H,3-4,10-11H2,1-2H3. The van der Waals surface area contributed by atoms with Crippen LogP contribution < -0.4 is 4.72 Å². The van der Waals surface area contributed by atoms with Crippen LogP contribution in [0.1, 0.15) is 19.4 Å². The maximum Gasteiger partial charge on any atom is 0.279 e. The summed E-state index contributed by atoms with van der Waals surface area (Å²) in [6.45, 7) is 5.09. The van der Waals surface area contributed by atoms with E-state index >= 15 is 0 Å². The van der Waals surface area contributed by atoms with Crippen molar-refractivity contribution in [2.45, 2.75) is 20.3 Å². The van der Waals surface area contributed by atoms with Crippen LogP contribution >= 0.6 is 0 Å². The van der Waals surface area contributed by atoms with E-state index in [0.29, 0.717) is 26.1 Å². The molecule has 1 rings (SSSR count). The number of benzene rings is 1. The highest BCUT2D eigenvalue weighted by Gasteiger charge is 2.16. The molecule has 0 spiro atoms. The third kappa shape index (κ3) is 4.46. The second-order valence-electron chi connectivity index (χ2n) is 3.72. The van der Waals surface area contributed by atoms with Crippen LogP contribution in [-0.4, -0.2) is 32.4 Å². The van der Waals surface area contributed by atoms with Crippen molar-refractivity contribution >= 4 is 10.2 Å². The Labute approximate surface area is 104 Å². The maximum absolute atomic E-state index is 11.8. The van der Waals surface area contributed by atoms with Crippen LogP contribution in [0.25, 0.3) is 0 Å². The van der Waals surface area contributed by atoms with E-state index in [2.05, 4.69) is 4.72 Å². The van der Waals surface area contributed by atoms with Gasteiger partial charge in [0.15, 0.2) is 0 Å². The van der Waals surface area contributed by atoms with Crippen molar-refractivity contribution in [2.24, 2.45) is 0 Å². The van der Waals surface area contributed by atoms with Gasteiger partial charge in [0.25, 0.3) is 10.2 Å². The quantitative estimate of drug-likeness (QED) is 0.802. The molecule has 0 fully saturated rings. The summed E-state index contributed by atoms with van der Waals surface area (Å²) in [6, 6.07) is 9.84. The molecule has 1 N–H and O–H groups in total. The molecule has 0 unspecified atom stereocenters. The highest BCUT2D eigenvalue weighted by Crippen LogP contribution is 2.00. The molecule has 1 aromatic rings. The Morgan fingerprint density at radius 3 is 2.24 bits per heavy atom. The summed E-state index contributed by atoms with van der Waals surface area (Å²) >= 11 is 0. The predicted molar refractivity (Wildman–Crippen MR) is 70.0 cm³/mol. The van der Waals surface area contributed by atoms with Crippen molar-refractivity contribution in [3.05, 3.63) is 35.9 Å². The van der Waals surface area contributed by atoms with E-state index in [1.54, 1.807) is 0 Å². The largest absolute Gasteiger partial charge is 0.279 e. The van der Waals surface area contributed by atoms with E-state index in [1.165, 1.54) is 4.31 Å². The molecular weight excluding hydrogens is 236 g/mol. The van der Waals surface area contributed by atoms with Crippen LogP contribution in [0.4, 0.5) is 0 Å². The van der Waals surface area contributed by atoms with E-state index in [-0.39, 0.29) is 0 Å². The lowest BCUT2D eigenvalue weighted by atomic mass is 10.2. The third-order valence-corrected chi connectivity index (χ3v) is 4.35. The summed E-state index contributed by atoms with van der Waals surface area (Å²) in [7, 11) is -3.31. The topological polar surface area (TPSA) is 49.4 Å². The maximum atomic E-state index is 11.8. The minimum absolute atomic E-state index is 0.433. The van der Waals surface area contributed by atoms with Crippen LogP contribution in [-0.2, 0) is 16.6 Å². The molecule has 0 heterocycles. The molecule has 17 heavy (non-hydrogen) atoms. The van der Waals surface area contributed by atoms with Gasteiger partial charge in [0, 0.05) is 19.6 Å². The normalized spacial score (nSPS) is 11.9. The van der Waals surface area contributed by atoms with Gasteiger partial charge in [-0.05, 0) is 12.0 Å². The molecular formula is C12H20N2O2S. The first-order valence-electron chi connectivity index (χ1n) is 5.88. The van der Waals surface area contributed by atoms with Crippen LogP contribution in [0, 0.1) is 0 Å². The van der Waals surface area contributed by atoms with Crippen molar-refractivity contribution in [1.82, 2.24) is 9.03 Å². The zero-order valence-electron chi connectivity index (χ0n) is 10.4. The number of rotatable bonds is 7. The van der Waals surface area contributed by atoms with Gasteiger partial charge in [0.05, 0.1) is 0 Å². The van der Waals surface area contributed by atoms with Gasteiger partial charge in [-0.2, -0.15) is 12.7 Å². The van der Waals surface area contributed by atoms with E-state index in [9.17, 15) is 8.42 Å². The third-order valence-electron chi connectivity index (χ3n) is 2.59. The van der Waals surface area contributed by atoms with Crippen molar-refractivity contribution < 1.29 is 8.42 Å². The molecule has 4 nitrogen and oxygen atoms in total. The average Bonchev–Trinajstić information content (AvgIpc) is 2.31. The summed E-state index contributed by atoms with van der Waals surface area (Å²) in [5.41, 5.74) is 1.13. The molecule has 0 aromatic heterocycles. The zero-order chi connectivity index (χ0) is 12.7. The van der Waals surface area contributed by atoms with Crippen LogP contribution in [0.2, 0.25) is 0 Å². The number of hydrogen-bond donors (Lipinski definition) is 1. The van der Waals surface area contributed by atoms with Crippen LogP contribution in [0.3, 0.4) is 0 Å². The molecule has 1 aromatic carbocycles. The zero-order valence-corrected chi connectivity index (χ0v) is 11.2. The van der Waals surface area contributed by atoms with Gasteiger partial charge in [-0.15, -0.1) is 0 Å². The van der Waals surface area contributed by atoms with E-state index in [4.69, 9.17) is 0 Å². The molecule has 0 saturated carbocycles. The molecule has 0 radical (unpaired) electrons. The molecule has 0 saturated heterocycles. The van der Waals surface area contributed by atoms with Gasteiger partial charge in [-0.1, -0.05) is 44.2 Å². The number of hydrogen-bond acceptors (Lipinski definition) is 2. The Bertz CT molecular complexity index is 413. The molecule has 0 amide bonds. The summed E-state index contributed by atoms with van der Waals surface area (Å²) in [6.07, 6.45) is 0.710. The average molecular weight is 256 g/mol. The minimum atomic E-state index is -3.31. The Kier molecular flexibility index (Phi) is 5.61. The lowest BCUT2D eigenvalue weighted by molar-refractivity contribution is 0.435. The molecule has 96 valence electrons. The molecule has 0 bridgehead atoms. The summed E-state index contributed by atoms with van der Waals surface area (Å²) in [5.74, 6) is 0. The smallest absolute Gasteiger partial charge is 0.202 e. The van der Waals surface area contributed by atoms with E-state index < -0.39 is 10.2 Å². The van der Waals surface area contributed by atoms with Crippen molar-refractivity contribution in [2.75, 3.05) is 19.6 Å². The second-order valence-corrected chi connectivity index (χ2v) is 5.47. The van der Waals surface area contributed by atoms with Gasteiger partial charge in [0.1, 0.15) is 0 Å². The molecule has 0 atom stereocenters. The molecule has 5 heteroatoms. The monoisotopic (exact) mass is 256 g/mol. The Morgan fingerprint density at radius 1 is 1.12 bits per heavy atom. The van der Waals surface area contributed by atoms with Crippen molar-refractivity contribution in [1.29, 1.82) is 0 Å². The Balaban J connectivity index is 2.46. The lowest BCUT2D eigenvalue weighted by Crippen LogP contribution is -2.41. The summed E-state index contributed by atoms with van der Waals surface area (Å²) < 4.78 is 27.6. The van der Waals surface area contributed by atoms with Crippen molar-refractivity contribution in [3.63, 3.8) is 0 Å². The minimum Gasteiger partial charge on any atom is -0.202 e. The van der Waals surface area contributed by atoms with Gasteiger partial charge < -0.3 is 0 Å². The fraction of sp³-hybridized carbons (Fsp3) is 0.500. The van der Waals surface area contributed by atoms with E-state index in [0.717, 1.165) is 5.56 Å². The Hall–Kier alpha value is -0.910. The van der Waals surface area contributed by atoms with Gasteiger partial charge in [-0.3, -0.25) is 0 Å². The van der Waals surface area contributed by atoms with Crippen molar-refractivity contribution in [3.8, 4) is 0 Å². The highest BCUT2D eigenvalue weighted by atomic mass is 32.2. The SMILES string of the molecule is CCN(CC)S(=O)(=O)NCCc1ccccc1. The first-order valence-corrected chi connectivity index (χ1v) is 7.32. The molecule has 0 aliphatic carbocycles. The number of nitrogens with one attached hydrogen (secondary N) is 1. The van der Waals surface area contributed by atoms with Gasteiger partial charge >= 0.3 is 0 Å². The van der Waals surface area contributed by atoms with Gasteiger partial charge in [0.2, 0.25) is 0 Å². The summed E-state index contributed by atoms with van der Waals surface area (Å²) in [4.78, 5) is 0. The first kappa shape index (κ1) is 14.2. The molecule has 0 aliphatic rings. The fourth-order valence-electron chi connectivity index (χ4n) is 1.62. The first-order chi connectivity index (χ1) is 8.10. The predicted octanol–water partition coefficient (Wildman–Crippen LogP) is 1.41. The Morgan fingerprint density at radius 2 is 1.71 bits per heavy atom. The van der Waals surface area contributed by atoms with Crippen LogP contribution in [0.5, 0.6) is 0 Å². The second kappa shape index (κ2) is 6.74. The van der Waals surface area contributed by atoms with Crippen LogP contribution in [0.15, 0.2) is 30.3 Å². The van der Waals surface area contributed by atoms with Gasteiger partial charge in [-0.25, -0.2) is 4.72 Å². The molecule has 0 aliphatic heterocycles. The summed E-state index contributed by atoms with van der Waals surface area (Å²) in [5, 5.41) is 0. The van der Waals surface area contributed by atoms with E-state index in [1.807, 2.05) is 44.2 Å². The number of nitrogens with zero attached hydrogens (tertiary/aromatic N) is 1. The highest BCUT2D eigenvalue weighted by molar-refractivity contribution is 7.87. The fourth-order valence-corrected chi connectivity index (χ4v) is 2.85. The lowest BCUT2D eigenvalue weighted by Gasteiger charge is -2.18.